The quantitative estimate of drug-likeness (QED) is 0.187. The van der Waals surface area contributed by atoms with Gasteiger partial charge in [-0.3, -0.25) is 14.5 Å². The van der Waals surface area contributed by atoms with Crippen LogP contribution in [0.1, 0.15) is 42.7 Å². The van der Waals surface area contributed by atoms with Crippen molar-refractivity contribution in [1.29, 1.82) is 0 Å². The van der Waals surface area contributed by atoms with Crippen molar-refractivity contribution in [2.24, 2.45) is 5.41 Å². The van der Waals surface area contributed by atoms with E-state index < -0.39 is 17.4 Å². The highest BCUT2D eigenvalue weighted by Gasteiger charge is 2.49. The van der Waals surface area contributed by atoms with E-state index in [-0.39, 0.29) is 37.3 Å². The molecule has 222 valence electrons. The maximum absolute atomic E-state index is 13.6. The van der Waals surface area contributed by atoms with Gasteiger partial charge in [-0.15, -0.1) is 0 Å². The fourth-order valence-corrected chi connectivity index (χ4v) is 5.98. The fraction of sp³-hybridized carbons (Fsp3) is 0.324. The molecule has 1 fully saturated rings. The molecular formula is C34H34FN3O5. The van der Waals surface area contributed by atoms with Gasteiger partial charge in [0.1, 0.15) is 24.2 Å². The number of halogens is 1. The Morgan fingerprint density at radius 1 is 0.977 bits per heavy atom. The third-order valence-corrected chi connectivity index (χ3v) is 8.61. The van der Waals surface area contributed by atoms with E-state index in [4.69, 9.17) is 9.47 Å². The molecule has 3 amide bonds. The molecule has 0 spiro atoms. The number of esters is 1. The number of ether oxygens (including phenoxy) is 2. The number of hydrogen-bond acceptors (Lipinski definition) is 5. The first kappa shape index (κ1) is 28.5. The number of benzene rings is 3. The number of nitrogens with zero attached hydrogens (tertiary/aromatic N) is 3. The number of amides is 3. The zero-order valence-electron chi connectivity index (χ0n) is 24.5. The van der Waals surface area contributed by atoms with E-state index in [0.717, 1.165) is 39.0 Å². The van der Waals surface area contributed by atoms with Gasteiger partial charge in [-0.25, -0.2) is 9.18 Å². The number of rotatable bonds is 9. The molecule has 0 unspecified atom stereocenters. The normalized spacial score (nSPS) is 16.4. The van der Waals surface area contributed by atoms with Gasteiger partial charge in [-0.05, 0) is 67.3 Å². The third kappa shape index (κ3) is 5.35. The summed E-state index contributed by atoms with van der Waals surface area (Å²) in [5, 5.41) is 1.05. The summed E-state index contributed by atoms with van der Waals surface area (Å²) in [5.74, 6) is -0.208. The molecule has 6 rings (SSSR count). The van der Waals surface area contributed by atoms with E-state index in [1.54, 1.807) is 50.1 Å². The number of imide groups is 1. The highest BCUT2D eigenvalue weighted by atomic mass is 19.1. The number of hydrogen-bond donors (Lipinski definition) is 0. The molecule has 0 bridgehead atoms. The average Bonchev–Trinajstić information content (AvgIpc) is 3.44. The van der Waals surface area contributed by atoms with Crippen molar-refractivity contribution in [3.63, 3.8) is 0 Å². The second-order valence-electron chi connectivity index (χ2n) is 11.8. The van der Waals surface area contributed by atoms with Gasteiger partial charge in [-0.1, -0.05) is 42.5 Å². The molecule has 1 atom stereocenters. The molecule has 43 heavy (non-hydrogen) atoms. The van der Waals surface area contributed by atoms with Crippen LogP contribution in [-0.4, -0.2) is 52.0 Å². The van der Waals surface area contributed by atoms with Crippen molar-refractivity contribution in [2.75, 3.05) is 13.7 Å². The SMILES string of the molecule is COc1ccc(COC(=O)C(C)(C)CCN2C(=O)[C@@H]3Cc4c(n(Cc5ccc(F)cc5)c5ccccc45)CN3C2=O)cc1. The minimum Gasteiger partial charge on any atom is -0.497 e. The van der Waals surface area contributed by atoms with Crippen LogP contribution in [0.5, 0.6) is 5.75 Å². The molecule has 0 radical (unpaired) electrons. The summed E-state index contributed by atoms with van der Waals surface area (Å²) < 4.78 is 26.4. The summed E-state index contributed by atoms with van der Waals surface area (Å²) in [6.45, 7) is 4.59. The average molecular weight is 584 g/mol. The van der Waals surface area contributed by atoms with E-state index in [9.17, 15) is 18.8 Å². The number of para-hydroxylation sites is 1. The van der Waals surface area contributed by atoms with Crippen LogP contribution in [-0.2, 0) is 40.4 Å². The summed E-state index contributed by atoms with van der Waals surface area (Å²) in [4.78, 5) is 43.0. The number of urea groups is 1. The maximum Gasteiger partial charge on any atom is 0.327 e. The van der Waals surface area contributed by atoms with E-state index >= 15 is 0 Å². The molecule has 0 saturated carbocycles. The van der Waals surface area contributed by atoms with Crippen LogP contribution in [0.2, 0.25) is 0 Å². The zero-order chi connectivity index (χ0) is 30.3. The molecule has 0 N–H and O–H groups in total. The molecule has 4 aromatic rings. The largest absolute Gasteiger partial charge is 0.497 e. The molecule has 8 nitrogen and oxygen atoms in total. The van der Waals surface area contributed by atoms with Crippen LogP contribution in [0, 0.1) is 11.2 Å². The van der Waals surface area contributed by atoms with Gasteiger partial charge in [0, 0.05) is 36.1 Å². The molecular weight excluding hydrogens is 549 g/mol. The second-order valence-corrected chi connectivity index (χ2v) is 11.8. The molecule has 0 aliphatic carbocycles. The highest BCUT2D eigenvalue weighted by molar-refractivity contribution is 6.05. The Hall–Kier alpha value is -4.66. The predicted octanol–water partition coefficient (Wildman–Crippen LogP) is 5.69. The second kappa shape index (κ2) is 11.2. The summed E-state index contributed by atoms with van der Waals surface area (Å²) in [6, 6.07) is 20.8. The van der Waals surface area contributed by atoms with Crippen molar-refractivity contribution < 1.29 is 28.2 Å². The molecule has 3 aromatic carbocycles. The Balaban J connectivity index is 1.15. The lowest BCUT2D eigenvalue weighted by Gasteiger charge is -2.28. The van der Waals surface area contributed by atoms with Gasteiger partial charge < -0.3 is 18.9 Å². The van der Waals surface area contributed by atoms with Crippen molar-refractivity contribution in [1.82, 2.24) is 14.4 Å². The Bertz CT molecular complexity index is 1690. The van der Waals surface area contributed by atoms with Crippen LogP contribution in [0.25, 0.3) is 10.9 Å². The smallest absolute Gasteiger partial charge is 0.327 e. The van der Waals surface area contributed by atoms with Gasteiger partial charge in [-0.2, -0.15) is 0 Å². The number of methoxy groups -OCH3 is 1. The first-order valence-corrected chi connectivity index (χ1v) is 14.4. The topological polar surface area (TPSA) is 81.1 Å². The zero-order valence-corrected chi connectivity index (χ0v) is 24.5. The first-order valence-electron chi connectivity index (χ1n) is 14.4. The Morgan fingerprint density at radius 3 is 2.40 bits per heavy atom. The summed E-state index contributed by atoms with van der Waals surface area (Å²) >= 11 is 0. The summed E-state index contributed by atoms with van der Waals surface area (Å²) in [6.07, 6.45) is 0.694. The van der Waals surface area contributed by atoms with Gasteiger partial charge in [0.25, 0.3) is 5.91 Å². The van der Waals surface area contributed by atoms with E-state index in [2.05, 4.69) is 4.57 Å². The van der Waals surface area contributed by atoms with Crippen molar-refractivity contribution >= 4 is 28.8 Å². The lowest BCUT2D eigenvalue weighted by molar-refractivity contribution is -0.156. The molecule has 1 aromatic heterocycles. The van der Waals surface area contributed by atoms with Gasteiger partial charge in [0.15, 0.2) is 0 Å². The van der Waals surface area contributed by atoms with Gasteiger partial charge in [0.05, 0.1) is 19.1 Å². The van der Waals surface area contributed by atoms with Crippen LogP contribution in [0.4, 0.5) is 9.18 Å². The van der Waals surface area contributed by atoms with E-state index in [1.165, 1.54) is 17.0 Å². The minimum absolute atomic E-state index is 0.121. The summed E-state index contributed by atoms with van der Waals surface area (Å²) in [5.41, 5.74) is 3.93. The van der Waals surface area contributed by atoms with Crippen LogP contribution < -0.4 is 4.74 Å². The number of carbonyl (C=O) groups is 3. The number of fused-ring (bicyclic) bond motifs is 4. The monoisotopic (exact) mass is 583 g/mol. The number of aromatic nitrogens is 1. The van der Waals surface area contributed by atoms with Crippen LogP contribution in [0.3, 0.4) is 0 Å². The lowest BCUT2D eigenvalue weighted by atomic mass is 9.89. The first-order chi connectivity index (χ1) is 20.7. The summed E-state index contributed by atoms with van der Waals surface area (Å²) in [7, 11) is 1.59. The Kier molecular flexibility index (Phi) is 7.42. The van der Waals surface area contributed by atoms with Crippen molar-refractivity contribution in [3.8, 4) is 5.75 Å². The molecule has 2 aliphatic heterocycles. The number of carbonyl (C=O) groups excluding carboxylic acids is 3. The van der Waals surface area contributed by atoms with E-state index in [1.807, 2.05) is 36.4 Å². The third-order valence-electron chi connectivity index (χ3n) is 8.61. The predicted molar refractivity (Wildman–Crippen MR) is 159 cm³/mol. The van der Waals surface area contributed by atoms with Crippen LogP contribution >= 0.6 is 0 Å². The standard InChI is InChI=1S/C34H34FN3O5/c1-34(2,32(40)43-21-23-10-14-25(42-3)15-11-23)16-17-36-31(39)29-18-27-26-6-4-5-7-28(26)37(30(27)20-38(29)33(36)41)19-22-8-12-24(35)13-9-22/h4-15,29H,16-21H2,1-3H3/t29-/m0/s1. The maximum atomic E-state index is 13.6. The van der Waals surface area contributed by atoms with E-state index in [0.29, 0.717) is 19.5 Å². The minimum atomic E-state index is -0.902. The molecule has 2 aliphatic rings. The Labute approximate surface area is 249 Å². The fourth-order valence-electron chi connectivity index (χ4n) is 5.98. The molecule has 1 saturated heterocycles. The Morgan fingerprint density at radius 2 is 1.67 bits per heavy atom. The van der Waals surface area contributed by atoms with Gasteiger partial charge in [0.2, 0.25) is 0 Å². The van der Waals surface area contributed by atoms with Crippen LogP contribution in [0.15, 0.2) is 72.8 Å². The van der Waals surface area contributed by atoms with Gasteiger partial charge >= 0.3 is 12.0 Å². The lowest BCUT2D eigenvalue weighted by Crippen LogP contribution is -2.40. The van der Waals surface area contributed by atoms with Crippen molar-refractivity contribution in [2.45, 2.75) is 52.4 Å². The highest BCUT2D eigenvalue weighted by Crippen LogP contribution is 2.37. The van der Waals surface area contributed by atoms with Crippen molar-refractivity contribution in [3.05, 3.63) is 101 Å². The molecule has 9 heteroatoms. The molecule has 3 heterocycles.